The maximum absolute atomic E-state index is 12.8. The Bertz CT molecular complexity index is 1070. The van der Waals surface area contributed by atoms with E-state index in [1.54, 1.807) is 0 Å². The molecule has 0 heterocycles. The number of ether oxygens (including phenoxy) is 3. The molecule has 0 aromatic heterocycles. The summed E-state index contributed by atoms with van der Waals surface area (Å²) in [6.45, 7) is 6.65. The summed E-state index contributed by atoms with van der Waals surface area (Å²) in [4.78, 5) is 38.0. The van der Waals surface area contributed by atoms with Crippen molar-refractivity contribution in [1.82, 2.24) is 0 Å². The molecule has 1 unspecified atom stereocenters. The van der Waals surface area contributed by atoms with Gasteiger partial charge in [0.05, 0.1) is 0 Å². The first-order valence-corrected chi connectivity index (χ1v) is 29.3. The molecule has 66 heavy (non-hydrogen) atoms. The van der Waals surface area contributed by atoms with Crippen molar-refractivity contribution in [3.05, 3.63) is 24.3 Å². The van der Waals surface area contributed by atoms with Crippen LogP contribution in [0.4, 0.5) is 0 Å². The molecule has 0 radical (unpaired) electrons. The minimum absolute atomic E-state index is 0.0693. The van der Waals surface area contributed by atoms with E-state index in [4.69, 9.17) is 14.2 Å². The largest absolute Gasteiger partial charge is 0.462 e. The lowest BCUT2D eigenvalue weighted by molar-refractivity contribution is -0.167. The highest BCUT2D eigenvalue weighted by atomic mass is 16.6. The summed E-state index contributed by atoms with van der Waals surface area (Å²) in [5.41, 5.74) is 0. The molecule has 1 atom stereocenters. The molecular weight excluding hydrogens is 817 g/mol. The summed E-state index contributed by atoms with van der Waals surface area (Å²) in [6, 6.07) is 0. The zero-order valence-corrected chi connectivity index (χ0v) is 44.5. The van der Waals surface area contributed by atoms with Gasteiger partial charge in [-0.05, 0) is 51.4 Å². The zero-order valence-electron chi connectivity index (χ0n) is 44.5. The Labute approximate surface area is 411 Å². The monoisotopic (exact) mass is 929 g/mol. The van der Waals surface area contributed by atoms with Gasteiger partial charge in [-0.2, -0.15) is 0 Å². The number of carbonyl (C=O) groups is 3. The van der Waals surface area contributed by atoms with Gasteiger partial charge in [0.1, 0.15) is 13.2 Å². The highest BCUT2D eigenvalue weighted by Crippen LogP contribution is 2.17. The SMILES string of the molecule is CCCCCC/C=C\C/C=C\CCCCCCCCCC(=O)OC(COC(=O)CCCCCCCCCCC)COC(=O)CCCCCCCCCCCCCCCCCCCCCCC. The molecule has 388 valence electrons. The van der Waals surface area contributed by atoms with E-state index in [1.807, 2.05) is 0 Å². The molecule has 0 rings (SSSR count). The van der Waals surface area contributed by atoms with Crippen LogP contribution in [-0.2, 0) is 28.6 Å². The van der Waals surface area contributed by atoms with Crippen molar-refractivity contribution in [3.63, 3.8) is 0 Å². The van der Waals surface area contributed by atoms with Crippen LogP contribution in [0.1, 0.15) is 323 Å². The van der Waals surface area contributed by atoms with E-state index in [0.29, 0.717) is 19.3 Å². The second kappa shape index (κ2) is 55.5. The number of unbranched alkanes of at least 4 members (excludes halogenated alkanes) is 39. The Kier molecular flexibility index (Phi) is 53.7. The number of rotatable bonds is 54. The summed E-state index contributed by atoms with van der Waals surface area (Å²) < 4.78 is 16.8. The van der Waals surface area contributed by atoms with Gasteiger partial charge in [0.2, 0.25) is 0 Å². The van der Waals surface area contributed by atoms with Crippen molar-refractivity contribution in [2.75, 3.05) is 13.2 Å². The van der Waals surface area contributed by atoms with Crippen LogP contribution in [-0.4, -0.2) is 37.2 Å². The molecular formula is C60H112O6. The van der Waals surface area contributed by atoms with Gasteiger partial charge in [0, 0.05) is 19.3 Å². The average molecular weight is 930 g/mol. The third-order valence-electron chi connectivity index (χ3n) is 13.2. The zero-order chi connectivity index (χ0) is 47.9. The van der Waals surface area contributed by atoms with Gasteiger partial charge in [-0.3, -0.25) is 14.4 Å². The van der Waals surface area contributed by atoms with Crippen LogP contribution in [0, 0.1) is 0 Å². The Morgan fingerprint density at radius 2 is 0.545 bits per heavy atom. The molecule has 0 aliphatic carbocycles. The van der Waals surface area contributed by atoms with Crippen LogP contribution in [0.25, 0.3) is 0 Å². The minimum atomic E-state index is -0.770. The normalized spacial score (nSPS) is 12.1. The summed E-state index contributed by atoms with van der Waals surface area (Å²) in [7, 11) is 0. The molecule has 0 saturated carbocycles. The molecule has 0 aromatic carbocycles. The lowest BCUT2D eigenvalue weighted by atomic mass is 10.0. The van der Waals surface area contributed by atoms with Gasteiger partial charge in [-0.15, -0.1) is 0 Å². The summed E-state index contributed by atoms with van der Waals surface area (Å²) in [5.74, 6) is -0.860. The van der Waals surface area contributed by atoms with Crippen molar-refractivity contribution in [2.24, 2.45) is 0 Å². The summed E-state index contributed by atoms with van der Waals surface area (Å²) in [5, 5.41) is 0. The second-order valence-corrected chi connectivity index (χ2v) is 19.9. The molecule has 0 aliphatic heterocycles. The molecule has 0 amide bonds. The van der Waals surface area contributed by atoms with Gasteiger partial charge in [0.15, 0.2) is 6.10 Å². The van der Waals surface area contributed by atoms with Gasteiger partial charge in [-0.25, -0.2) is 0 Å². The van der Waals surface area contributed by atoms with Crippen LogP contribution in [0.2, 0.25) is 0 Å². The van der Waals surface area contributed by atoms with Crippen LogP contribution in [0.15, 0.2) is 24.3 Å². The van der Waals surface area contributed by atoms with Crippen LogP contribution in [0.5, 0.6) is 0 Å². The average Bonchev–Trinajstić information content (AvgIpc) is 3.31. The first kappa shape index (κ1) is 63.9. The maximum atomic E-state index is 12.8. The lowest BCUT2D eigenvalue weighted by Gasteiger charge is -2.18. The summed E-state index contributed by atoms with van der Waals surface area (Å²) >= 11 is 0. The third-order valence-corrected chi connectivity index (χ3v) is 13.2. The quantitative estimate of drug-likeness (QED) is 0.0262. The highest BCUT2D eigenvalue weighted by molar-refractivity contribution is 5.71. The molecule has 0 bridgehead atoms. The number of hydrogen-bond donors (Lipinski definition) is 0. The van der Waals surface area contributed by atoms with Gasteiger partial charge in [0.25, 0.3) is 0 Å². The topological polar surface area (TPSA) is 78.9 Å². The van der Waals surface area contributed by atoms with Crippen LogP contribution >= 0.6 is 0 Å². The maximum Gasteiger partial charge on any atom is 0.306 e. The molecule has 6 nitrogen and oxygen atoms in total. The fourth-order valence-electron chi connectivity index (χ4n) is 8.77. The van der Waals surface area contributed by atoms with E-state index in [-0.39, 0.29) is 31.1 Å². The van der Waals surface area contributed by atoms with Crippen molar-refractivity contribution < 1.29 is 28.6 Å². The standard InChI is InChI=1S/C60H112O6/c1-4-7-10-13-16-19-21-23-25-27-29-30-31-33-34-36-38-41-44-47-50-53-59(62)65-56-57(55-64-58(61)52-49-46-43-40-18-15-12-9-6-3)66-60(63)54-51-48-45-42-39-37-35-32-28-26-24-22-20-17-14-11-8-5-2/h20,22,26,28,57H,4-19,21,23-25,27,29-56H2,1-3H3/b22-20-,28-26-. The van der Waals surface area contributed by atoms with Crippen molar-refractivity contribution in [2.45, 2.75) is 329 Å². The molecule has 0 aromatic rings. The van der Waals surface area contributed by atoms with E-state index in [0.717, 1.165) is 70.6 Å². The number of esters is 3. The van der Waals surface area contributed by atoms with E-state index in [1.165, 1.54) is 212 Å². The predicted octanol–water partition coefficient (Wildman–Crippen LogP) is 19.5. The van der Waals surface area contributed by atoms with Gasteiger partial charge in [-0.1, -0.05) is 276 Å². The Morgan fingerprint density at radius 1 is 0.303 bits per heavy atom. The van der Waals surface area contributed by atoms with E-state index < -0.39 is 6.10 Å². The van der Waals surface area contributed by atoms with E-state index >= 15 is 0 Å². The van der Waals surface area contributed by atoms with Crippen LogP contribution < -0.4 is 0 Å². The predicted molar refractivity (Wildman–Crippen MR) is 284 cm³/mol. The van der Waals surface area contributed by atoms with Crippen molar-refractivity contribution in [3.8, 4) is 0 Å². The molecule has 0 N–H and O–H groups in total. The Hall–Kier alpha value is -2.11. The Balaban J connectivity index is 4.22. The molecule has 0 spiro atoms. The number of hydrogen-bond acceptors (Lipinski definition) is 6. The van der Waals surface area contributed by atoms with E-state index in [2.05, 4.69) is 45.1 Å². The smallest absolute Gasteiger partial charge is 0.306 e. The first-order chi connectivity index (χ1) is 32.5. The second-order valence-electron chi connectivity index (χ2n) is 19.9. The Morgan fingerprint density at radius 3 is 0.848 bits per heavy atom. The molecule has 0 aliphatic rings. The van der Waals surface area contributed by atoms with Crippen molar-refractivity contribution in [1.29, 1.82) is 0 Å². The van der Waals surface area contributed by atoms with E-state index in [9.17, 15) is 14.4 Å². The summed E-state index contributed by atoms with van der Waals surface area (Å²) in [6.07, 6.45) is 64.7. The molecule has 0 saturated heterocycles. The number of allylic oxidation sites excluding steroid dienone is 4. The van der Waals surface area contributed by atoms with Gasteiger partial charge >= 0.3 is 17.9 Å². The highest BCUT2D eigenvalue weighted by Gasteiger charge is 2.19. The minimum Gasteiger partial charge on any atom is -0.462 e. The third kappa shape index (κ3) is 52.9. The van der Waals surface area contributed by atoms with Crippen LogP contribution in [0.3, 0.4) is 0 Å². The fourth-order valence-corrected chi connectivity index (χ4v) is 8.77. The molecule has 0 fully saturated rings. The van der Waals surface area contributed by atoms with Gasteiger partial charge < -0.3 is 14.2 Å². The lowest BCUT2D eigenvalue weighted by Crippen LogP contribution is -2.30. The first-order valence-electron chi connectivity index (χ1n) is 29.3. The molecule has 6 heteroatoms. The fraction of sp³-hybridized carbons (Fsp3) is 0.883. The van der Waals surface area contributed by atoms with Crippen molar-refractivity contribution >= 4 is 17.9 Å². The number of carbonyl (C=O) groups excluding carboxylic acids is 3.